The molecule has 1 aliphatic rings. The Kier molecular flexibility index (Phi) is 8.06. The Hall–Kier alpha value is -2.12. The summed E-state index contributed by atoms with van der Waals surface area (Å²) in [5.74, 6) is 0.332. The maximum atomic E-state index is 12.2. The van der Waals surface area contributed by atoms with Crippen molar-refractivity contribution in [1.82, 2.24) is 15.5 Å². The zero-order valence-corrected chi connectivity index (χ0v) is 16.5. The van der Waals surface area contributed by atoms with Crippen LogP contribution in [0.4, 0.5) is 0 Å². The Balaban J connectivity index is 1.91. The molecule has 1 aromatic rings. The molecule has 2 amide bonds. The van der Waals surface area contributed by atoms with E-state index < -0.39 is 6.04 Å². The molecule has 27 heavy (non-hydrogen) atoms. The average molecular weight is 377 g/mol. The molecule has 0 saturated carbocycles. The zero-order chi connectivity index (χ0) is 19.8. The summed E-state index contributed by atoms with van der Waals surface area (Å²) in [5.41, 5.74) is 6.93. The Morgan fingerprint density at radius 1 is 1.15 bits per heavy atom. The number of benzene rings is 1. The number of amides is 2. The van der Waals surface area contributed by atoms with Gasteiger partial charge in [-0.1, -0.05) is 26.0 Å². The number of hydrogen-bond acceptors (Lipinski definition) is 5. The predicted molar refractivity (Wildman–Crippen MR) is 105 cm³/mol. The molecule has 1 saturated heterocycles. The van der Waals surface area contributed by atoms with Gasteiger partial charge in [-0.05, 0) is 49.5 Å². The van der Waals surface area contributed by atoms with E-state index in [0.717, 1.165) is 24.4 Å². The number of rotatable bonds is 9. The smallest absolute Gasteiger partial charge is 0.239 e. The van der Waals surface area contributed by atoms with Crippen LogP contribution in [-0.2, 0) is 9.59 Å². The molecule has 1 heterocycles. The van der Waals surface area contributed by atoms with Crippen molar-refractivity contribution in [2.45, 2.75) is 38.8 Å². The highest BCUT2D eigenvalue weighted by molar-refractivity contribution is 5.87. The molecule has 1 aliphatic heterocycles. The van der Waals surface area contributed by atoms with E-state index >= 15 is 0 Å². The third-order valence-electron chi connectivity index (χ3n) is 5.02. The molecule has 150 valence electrons. The molecule has 7 nitrogen and oxygen atoms in total. The topological polar surface area (TPSA) is 96.7 Å². The third kappa shape index (κ3) is 6.22. The maximum Gasteiger partial charge on any atom is 0.239 e. The van der Waals surface area contributed by atoms with E-state index in [-0.39, 0.29) is 30.3 Å². The number of carbonyl (C=O) groups excluding carboxylic acids is 2. The van der Waals surface area contributed by atoms with Crippen molar-refractivity contribution in [2.24, 2.45) is 11.7 Å². The normalized spacial score (nSPS) is 16.8. The largest absolute Gasteiger partial charge is 0.497 e. The van der Waals surface area contributed by atoms with E-state index in [0.29, 0.717) is 6.54 Å². The van der Waals surface area contributed by atoms with Crippen LogP contribution in [0.1, 0.15) is 38.3 Å². The molecule has 0 spiro atoms. The van der Waals surface area contributed by atoms with E-state index in [1.807, 2.05) is 38.1 Å². The predicted octanol–water partition coefficient (Wildman–Crippen LogP) is 1.05. The second kappa shape index (κ2) is 10.3. The molecule has 0 bridgehead atoms. The molecular formula is C20H32N4O3. The van der Waals surface area contributed by atoms with Crippen molar-refractivity contribution in [3.05, 3.63) is 29.8 Å². The molecule has 2 atom stereocenters. The van der Waals surface area contributed by atoms with Crippen LogP contribution >= 0.6 is 0 Å². The number of methoxy groups -OCH3 is 1. The first-order valence-electron chi connectivity index (χ1n) is 9.60. The SMILES string of the molecule is COc1ccc(C(CNC(=O)CNC(=O)[C@@H](N)C(C)C)N2CCCC2)cc1. The Morgan fingerprint density at radius 2 is 1.78 bits per heavy atom. The average Bonchev–Trinajstić information content (AvgIpc) is 3.20. The number of nitrogens with two attached hydrogens (primary N) is 1. The third-order valence-corrected chi connectivity index (χ3v) is 5.02. The highest BCUT2D eigenvalue weighted by atomic mass is 16.5. The van der Waals surface area contributed by atoms with Crippen LogP contribution in [0.25, 0.3) is 0 Å². The van der Waals surface area contributed by atoms with Gasteiger partial charge >= 0.3 is 0 Å². The molecule has 2 rings (SSSR count). The van der Waals surface area contributed by atoms with E-state index in [9.17, 15) is 9.59 Å². The van der Waals surface area contributed by atoms with Gasteiger partial charge in [-0.3, -0.25) is 14.5 Å². The van der Waals surface area contributed by atoms with Crippen molar-refractivity contribution < 1.29 is 14.3 Å². The first-order chi connectivity index (χ1) is 12.9. The summed E-state index contributed by atoms with van der Waals surface area (Å²) in [6.45, 7) is 6.23. The van der Waals surface area contributed by atoms with Crippen LogP contribution in [-0.4, -0.2) is 56.0 Å². The number of likely N-dealkylation sites (tertiary alicyclic amines) is 1. The van der Waals surface area contributed by atoms with Gasteiger partial charge in [0.05, 0.1) is 25.7 Å². The fraction of sp³-hybridized carbons (Fsp3) is 0.600. The molecule has 4 N–H and O–H groups in total. The monoisotopic (exact) mass is 376 g/mol. The first kappa shape index (κ1) is 21.2. The summed E-state index contributed by atoms with van der Waals surface area (Å²) in [7, 11) is 1.65. The Labute approximate surface area is 161 Å². The number of nitrogens with one attached hydrogen (secondary N) is 2. The van der Waals surface area contributed by atoms with Gasteiger partial charge in [0, 0.05) is 6.54 Å². The minimum Gasteiger partial charge on any atom is -0.497 e. The molecule has 1 fully saturated rings. The molecule has 7 heteroatoms. The lowest BCUT2D eigenvalue weighted by Crippen LogP contribution is -2.48. The van der Waals surface area contributed by atoms with Gasteiger partial charge in [0.25, 0.3) is 0 Å². The quantitative estimate of drug-likeness (QED) is 0.599. The van der Waals surface area contributed by atoms with Crippen molar-refractivity contribution in [3.63, 3.8) is 0 Å². The van der Waals surface area contributed by atoms with Crippen molar-refractivity contribution in [2.75, 3.05) is 33.3 Å². The second-order valence-corrected chi connectivity index (χ2v) is 7.32. The number of carbonyl (C=O) groups is 2. The van der Waals surface area contributed by atoms with Gasteiger partial charge < -0.3 is 21.1 Å². The van der Waals surface area contributed by atoms with Crippen LogP contribution in [0.5, 0.6) is 5.75 Å². The zero-order valence-electron chi connectivity index (χ0n) is 16.5. The summed E-state index contributed by atoms with van der Waals surface area (Å²) in [5, 5.41) is 5.55. The molecule has 0 aliphatic carbocycles. The Morgan fingerprint density at radius 3 is 2.33 bits per heavy atom. The molecule has 0 aromatic heterocycles. The highest BCUT2D eigenvalue weighted by Crippen LogP contribution is 2.26. The molecule has 0 radical (unpaired) electrons. The summed E-state index contributed by atoms with van der Waals surface area (Å²) in [6.07, 6.45) is 2.34. The number of ether oxygens (including phenoxy) is 1. The lowest BCUT2D eigenvalue weighted by Gasteiger charge is -2.28. The standard InChI is InChI=1S/C20H32N4O3/c1-14(2)19(21)20(26)23-13-18(25)22-12-17(24-10-4-5-11-24)15-6-8-16(27-3)9-7-15/h6-9,14,17,19H,4-5,10-13,21H2,1-3H3,(H,22,25)(H,23,26)/t17?,19-/m0/s1. The molecule has 1 unspecified atom stereocenters. The summed E-state index contributed by atoms with van der Waals surface area (Å²) < 4.78 is 5.23. The minimum atomic E-state index is -0.602. The fourth-order valence-corrected chi connectivity index (χ4v) is 3.20. The van der Waals surface area contributed by atoms with E-state index in [2.05, 4.69) is 15.5 Å². The highest BCUT2D eigenvalue weighted by Gasteiger charge is 2.24. The minimum absolute atomic E-state index is 0.0303. The summed E-state index contributed by atoms with van der Waals surface area (Å²) >= 11 is 0. The van der Waals surface area contributed by atoms with Crippen LogP contribution < -0.4 is 21.1 Å². The van der Waals surface area contributed by atoms with Crippen molar-refractivity contribution in [1.29, 1.82) is 0 Å². The van der Waals surface area contributed by atoms with Crippen LogP contribution in [0, 0.1) is 5.92 Å². The lowest BCUT2D eigenvalue weighted by atomic mass is 10.0. The second-order valence-electron chi connectivity index (χ2n) is 7.32. The number of hydrogen-bond donors (Lipinski definition) is 3. The van der Waals surface area contributed by atoms with Crippen molar-refractivity contribution in [3.8, 4) is 5.75 Å². The van der Waals surface area contributed by atoms with Gasteiger partial charge in [0.1, 0.15) is 5.75 Å². The van der Waals surface area contributed by atoms with Gasteiger partial charge in [-0.25, -0.2) is 0 Å². The van der Waals surface area contributed by atoms with Gasteiger partial charge in [-0.2, -0.15) is 0 Å². The lowest BCUT2D eigenvalue weighted by molar-refractivity contribution is -0.127. The fourth-order valence-electron chi connectivity index (χ4n) is 3.20. The van der Waals surface area contributed by atoms with Gasteiger partial charge in [0.2, 0.25) is 11.8 Å². The van der Waals surface area contributed by atoms with Gasteiger partial charge in [-0.15, -0.1) is 0 Å². The van der Waals surface area contributed by atoms with Crippen LogP contribution in [0.15, 0.2) is 24.3 Å². The van der Waals surface area contributed by atoms with Crippen LogP contribution in [0.3, 0.4) is 0 Å². The molecular weight excluding hydrogens is 344 g/mol. The van der Waals surface area contributed by atoms with E-state index in [4.69, 9.17) is 10.5 Å². The van der Waals surface area contributed by atoms with Gasteiger partial charge in [0.15, 0.2) is 0 Å². The maximum absolute atomic E-state index is 12.2. The molecule has 1 aromatic carbocycles. The van der Waals surface area contributed by atoms with Crippen molar-refractivity contribution >= 4 is 11.8 Å². The Bertz CT molecular complexity index is 612. The van der Waals surface area contributed by atoms with Crippen LogP contribution in [0.2, 0.25) is 0 Å². The number of nitrogens with zero attached hydrogens (tertiary/aromatic N) is 1. The van der Waals surface area contributed by atoms with E-state index in [1.54, 1.807) is 7.11 Å². The summed E-state index contributed by atoms with van der Waals surface area (Å²) in [6, 6.07) is 7.46. The first-order valence-corrected chi connectivity index (χ1v) is 9.60. The summed E-state index contributed by atoms with van der Waals surface area (Å²) in [4.78, 5) is 26.5. The van der Waals surface area contributed by atoms with E-state index in [1.165, 1.54) is 12.8 Å².